The zero-order chi connectivity index (χ0) is 16.3. The lowest BCUT2D eigenvalue weighted by molar-refractivity contribution is -0.156. The molecule has 0 unspecified atom stereocenters. The number of ether oxygens (including phenoxy) is 1. The monoisotopic (exact) mass is 304 g/mol. The molecular weight excluding hydrogens is 280 g/mol. The predicted molar refractivity (Wildman–Crippen MR) is 84.4 cm³/mol. The van der Waals surface area contributed by atoms with Crippen molar-refractivity contribution in [3.8, 4) is 0 Å². The average molecular weight is 304 g/mol. The molecule has 0 saturated carbocycles. The molecule has 1 aliphatic rings. The van der Waals surface area contributed by atoms with Gasteiger partial charge in [-0.05, 0) is 31.9 Å². The van der Waals surface area contributed by atoms with Crippen LogP contribution in [0.3, 0.4) is 0 Å². The van der Waals surface area contributed by atoms with Crippen LogP contribution < -0.4 is 0 Å². The van der Waals surface area contributed by atoms with Crippen LogP contribution >= 0.6 is 0 Å². The van der Waals surface area contributed by atoms with E-state index in [4.69, 9.17) is 4.74 Å². The summed E-state index contributed by atoms with van der Waals surface area (Å²) in [5.74, 6) is -0.0222. The fourth-order valence-corrected chi connectivity index (χ4v) is 2.72. The molecule has 22 heavy (non-hydrogen) atoms. The van der Waals surface area contributed by atoms with E-state index >= 15 is 0 Å². The first-order valence-corrected chi connectivity index (χ1v) is 7.57. The normalized spacial score (nSPS) is 19.0. The molecular formula is C17H24N2O3. The van der Waals surface area contributed by atoms with Crippen molar-refractivity contribution in [2.75, 3.05) is 26.8 Å². The van der Waals surface area contributed by atoms with Crippen LogP contribution in [0.2, 0.25) is 0 Å². The number of aryl methyl sites for hydroxylation is 2. The minimum Gasteiger partial charge on any atom is -0.383 e. The number of carbonyl (C=O) groups is 2. The maximum atomic E-state index is 12.4. The molecule has 1 aliphatic heterocycles. The molecule has 5 nitrogen and oxygen atoms in total. The summed E-state index contributed by atoms with van der Waals surface area (Å²) in [6.45, 7) is 7.38. The molecule has 1 heterocycles. The Morgan fingerprint density at radius 2 is 2.00 bits per heavy atom. The van der Waals surface area contributed by atoms with Gasteiger partial charge in [-0.2, -0.15) is 0 Å². The summed E-state index contributed by atoms with van der Waals surface area (Å²) in [5, 5.41) is 0. The van der Waals surface area contributed by atoms with Gasteiger partial charge in [0.15, 0.2) is 0 Å². The number of rotatable bonds is 5. The number of benzene rings is 1. The van der Waals surface area contributed by atoms with Gasteiger partial charge < -0.3 is 14.5 Å². The first-order chi connectivity index (χ1) is 10.4. The van der Waals surface area contributed by atoms with Crippen molar-refractivity contribution in [3.05, 3.63) is 34.9 Å². The maximum absolute atomic E-state index is 12.4. The number of hydrogen-bond donors (Lipinski definition) is 0. The van der Waals surface area contributed by atoms with Gasteiger partial charge in [-0.25, -0.2) is 0 Å². The van der Waals surface area contributed by atoms with E-state index < -0.39 is 6.04 Å². The first-order valence-electron chi connectivity index (χ1n) is 7.57. The zero-order valence-corrected chi connectivity index (χ0v) is 13.8. The standard InChI is InChI=1S/C17H24N2O3/c1-12-5-6-13(2)15(9-12)10-19-14(3)17(21)18(7-8-22-4)11-16(19)20/h5-6,9,14H,7-8,10-11H2,1-4H3/t14-/m0/s1. The molecule has 1 fully saturated rings. The molecule has 0 aromatic heterocycles. The Labute approximate surface area is 131 Å². The van der Waals surface area contributed by atoms with Gasteiger partial charge in [0.2, 0.25) is 11.8 Å². The number of methoxy groups -OCH3 is 1. The highest BCUT2D eigenvalue weighted by molar-refractivity contribution is 5.94. The zero-order valence-electron chi connectivity index (χ0n) is 13.8. The average Bonchev–Trinajstić information content (AvgIpc) is 2.49. The molecule has 120 valence electrons. The molecule has 1 saturated heterocycles. The number of hydrogen-bond acceptors (Lipinski definition) is 3. The summed E-state index contributed by atoms with van der Waals surface area (Å²) in [6.07, 6.45) is 0. The molecule has 1 aromatic rings. The number of piperazine rings is 1. The van der Waals surface area contributed by atoms with Gasteiger partial charge >= 0.3 is 0 Å². The minimum atomic E-state index is -0.432. The third kappa shape index (κ3) is 3.47. The van der Waals surface area contributed by atoms with E-state index in [1.807, 2.05) is 13.8 Å². The van der Waals surface area contributed by atoms with E-state index in [1.54, 1.807) is 23.8 Å². The Hall–Kier alpha value is -1.88. The second-order valence-corrected chi connectivity index (χ2v) is 5.88. The quantitative estimate of drug-likeness (QED) is 0.828. The molecule has 0 spiro atoms. The molecule has 1 aromatic carbocycles. The molecule has 5 heteroatoms. The van der Waals surface area contributed by atoms with Gasteiger partial charge in [-0.15, -0.1) is 0 Å². The largest absolute Gasteiger partial charge is 0.383 e. The van der Waals surface area contributed by atoms with Crippen molar-refractivity contribution >= 4 is 11.8 Å². The molecule has 0 radical (unpaired) electrons. The summed E-state index contributed by atoms with van der Waals surface area (Å²) in [5.41, 5.74) is 3.39. The van der Waals surface area contributed by atoms with Crippen LogP contribution in [-0.2, 0) is 20.9 Å². The second kappa shape index (κ2) is 6.92. The van der Waals surface area contributed by atoms with Crippen molar-refractivity contribution < 1.29 is 14.3 Å². The van der Waals surface area contributed by atoms with Crippen LogP contribution in [0.15, 0.2) is 18.2 Å². The summed E-state index contributed by atoms with van der Waals surface area (Å²) < 4.78 is 5.00. The van der Waals surface area contributed by atoms with E-state index in [9.17, 15) is 9.59 Å². The van der Waals surface area contributed by atoms with Crippen LogP contribution in [0.4, 0.5) is 0 Å². The van der Waals surface area contributed by atoms with Crippen LogP contribution in [-0.4, -0.2) is 54.5 Å². The van der Waals surface area contributed by atoms with Crippen LogP contribution in [0.1, 0.15) is 23.6 Å². The van der Waals surface area contributed by atoms with Crippen LogP contribution in [0.5, 0.6) is 0 Å². The SMILES string of the molecule is COCCN1CC(=O)N(Cc2cc(C)ccc2C)[C@@H](C)C1=O. The first kappa shape index (κ1) is 16.5. The number of carbonyl (C=O) groups excluding carboxylic acids is 2. The fourth-order valence-electron chi connectivity index (χ4n) is 2.72. The third-order valence-corrected chi connectivity index (χ3v) is 4.19. The lowest BCUT2D eigenvalue weighted by Crippen LogP contribution is -2.58. The van der Waals surface area contributed by atoms with Crippen molar-refractivity contribution in [3.63, 3.8) is 0 Å². The second-order valence-electron chi connectivity index (χ2n) is 5.88. The van der Waals surface area contributed by atoms with E-state index in [0.29, 0.717) is 19.7 Å². The molecule has 0 aliphatic carbocycles. The van der Waals surface area contributed by atoms with Crippen molar-refractivity contribution in [1.82, 2.24) is 9.80 Å². The van der Waals surface area contributed by atoms with Gasteiger partial charge in [-0.1, -0.05) is 23.8 Å². The molecule has 0 bridgehead atoms. The van der Waals surface area contributed by atoms with Gasteiger partial charge in [-0.3, -0.25) is 9.59 Å². The summed E-state index contributed by atoms with van der Waals surface area (Å²) in [6, 6.07) is 5.75. The highest BCUT2D eigenvalue weighted by Gasteiger charge is 2.36. The van der Waals surface area contributed by atoms with E-state index in [1.165, 1.54) is 0 Å². The van der Waals surface area contributed by atoms with E-state index in [0.717, 1.165) is 16.7 Å². The summed E-state index contributed by atoms with van der Waals surface area (Å²) >= 11 is 0. The Morgan fingerprint density at radius 1 is 1.27 bits per heavy atom. The lowest BCUT2D eigenvalue weighted by Gasteiger charge is -2.39. The van der Waals surface area contributed by atoms with E-state index in [-0.39, 0.29) is 18.4 Å². The van der Waals surface area contributed by atoms with Gasteiger partial charge in [0.05, 0.1) is 13.2 Å². The summed E-state index contributed by atoms with van der Waals surface area (Å²) in [4.78, 5) is 28.1. The maximum Gasteiger partial charge on any atom is 0.245 e. The van der Waals surface area contributed by atoms with Gasteiger partial charge in [0, 0.05) is 20.2 Å². The van der Waals surface area contributed by atoms with E-state index in [2.05, 4.69) is 18.2 Å². The van der Waals surface area contributed by atoms with Gasteiger partial charge in [0.25, 0.3) is 0 Å². The molecule has 0 N–H and O–H groups in total. The van der Waals surface area contributed by atoms with Crippen molar-refractivity contribution in [1.29, 1.82) is 0 Å². The smallest absolute Gasteiger partial charge is 0.245 e. The van der Waals surface area contributed by atoms with Crippen LogP contribution in [0.25, 0.3) is 0 Å². The molecule has 2 rings (SSSR count). The topological polar surface area (TPSA) is 49.9 Å². The van der Waals surface area contributed by atoms with Crippen molar-refractivity contribution in [2.45, 2.75) is 33.4 Å². The van der Waals surface area contributed by atoms with Gasteiger partial charge in [0.1, 0.15) is 6.04 Å². The highest BCUT2D eigenvalue weighted by atomic mass is 16.5. The van der Waals surface area contributed by atoms with Crippen molar-refractivity contribution in [2.24, 2.45) is 0 Å². The lowest BCUT2D eigenvalue weighted by atomic mass is 10.0. The number of nitrogens with zero attached hydrogens (tertiary/aromatic N) is 2. The number of amides is 2. The predicted octanol–water partition coefficient (Wildman–Crippen LogP) is 1.51. The van der Waals surface area contributed by atoms with Crippen LogP contribution in [0, 0.1) is 13.8 Å². The molecule has 2 amide bonds. The summed E-state index contributed by atoms with van der Waals surface area (Å²) in [7, 11) is 1.59. The highest BCUT2D eigenvalue weighted by Crippen LogP contribution is 2.19. The fraction of sp³-hybridized carbons (Fsp3) is 0.529. The third-order valence-electron chi connectivity index (χ3n) is 4.19. The Bertz CT molecular complexity index is 571. The molecule has 1 atom stereocenters. The minimum absolute atomic E-state index is 0.0101. The Morgan fingerprint density at radius 3 is 2.68 bits per heavy atom. The Balaban J connectivity index is 2.13. The Kier molecular flexibility index (Phi) is 5.19.